The minimum atomic E-state index is 0.0106. The fourth-order valence-corrected chi connectivity index (χ4v) is 2.47. The summed E-state index contributed by atoms with van der Waals surface area (Å²) in [7, 11) is 3.45. The fraction of sp³-hybridized carbons (Fsp3) is 0.538. The van der Waals surface area contributed by atoms with Gasteiger partial charge < -0.3 is 15.0 Å². The molecule has 1 aliphatic rings. The molecule has 0 saturated carbocycles. The zero-order chi connectivity index (χ0) is 14.8. The standard InChI is InChI=1S/C13H18N6O2/c1-18-12-9(6-15-18)13(17-10(16-12)8-21-2)19-5-3-4-14-11(20)7-19/h6H,3-5,7-8H2,1-2H3,(H,14,20). The van der Waals surface area contributed by atoms with Gasteiger partial charge in [-0.15, -0.1) is 0 Å². The summed E-state index contributed by atoms with van der Waals surface area (Å²) in [4.78, 5) is 22.8. The summed E-state index contributed by atoms with van der Waals surface area (Å²) < 4.78 is 6.83. The molecule has 0 bridgehead atoms. The van der Waals surface area contributed by atoms with E-state index in [1.54, 1.807) is 18.0 Å². The number of fused-ring (bicyclic) bond motifs is 1. The summed E-state index contributed by atoms with van der Waals surface area (Å²) in [6, 6.07) is 0. The molecular weight excluding hydrogens is 272 g/mol. The molecule has 0 aromatic carbocycles. The zero-order valence-corrected chi connectivity index (χ0v) is 12.2. The van der Waals surface area contributed by atoms with E-state index in [-0.39, 0.29) is 5.91 Å². The molecule has 1 N–H and O–H groups in total. The Bertz CT molecular complexity index is 668. The average molecular weight is 290 g/mol. The Morgan fingerprint density at radius 2 is 2.29 bits per heavy atom. The van der Waals surface area contributed by atoms with E-state index in [1.807, 2.05) is 11.9 Å². The maximum Gasteiger partial charge on any atom is 0.239 e. The summed E-state index contributed by atoms with van der Waals surface area (Å²) >= 11 is 0. The highest BCUT2D eigenvalue weighted by Gasteiger charge is 2.21. The van der Waals surface area contributed by atoms with Gasteiger partial charge in [-0.1, -0.05) is 0 Å². The lowest BCUT2D eigenvalue weighted by molar-refractivity contribution is -0.119. The Morgan fingerprint density at radius 3 is 3.10 bits per heavy atom. The van der Waals surface area contributed by atoms with Crippen LogP contribution in [0.4, 0.5) is 5.82 Å². The van der Waals surface area contributed by atoms with Gasteiger partial charge in [0.25, 0.3) is 0 Å². The van der Waals surface area contributed by atoms with Crippen molar-refractivity contribution in [1.29, 1.82) is 0 Å². The molecule has 0 unspecified atom stereocenters. The number of aryl methyl sites for hydroxylation is 1. The quantitative estimate of drug-likeness (QED) is 0.845. The highest BCUT2D eigenvalue weighted by Crippen LogP contribution is 2.24. The Labute approximate surface area is 122 Å². The number of nitrogens with zero attached hydrogens (tertiary/aromatic N) is 5. The summed E-state index contributed by atoms with van der Waals surface area (Å²) in [5.74, 6) is 1.35. The van der Waals surface area contributed by atoms with Crippen LogP contribution in [-0.2, 0) is 23.2 Å². The van der Waals surface area contributed by atoms with Crippen molar-refractivity contribution in [3.63, 3.8) is 0 Å². The number of carbonyl (C=O) groups excluding carboxylic acids is 1. The van der Waals surface area contributed by atoms with Gasteiger partial charge in [0.05, 0.1) is 18.1 Å². The van der Waals surface area contributed by atoms with Gasteiger partial charge in [0.1, 0.15) is 12.4 Å². The van der Waals surface area contributed by atoms with Crippen molar-refractivity contribution in [2.24, 2.45) is 7.05 Å². The summed E-state index contributed by atoms with van der Waals surface area (Å²) in [5, 5.41) is 7.96. The molecule has 1 amide bonds. The SMILES string of the molecule is COCc1nc(N2CCCNC(=O)C2)c2cnn(C)c2n1. The highest BCUT2D eigenvalue weighted by atomic mass is 16.5. The number of hydrogen-bond donors (Lipinski definition) is 1. The van der Waals surface area contributed by atoms with E-state index in [4.69, 9.17) is 4.74 Å². The van der Waals surface area contributed by atoms with Crippen LogP contribution < -0.4 is 10.2 Å². The fourth-order valence-electron chi connectivity index (χ4n) is 2.47. The molecule has 2 aromatic heterocycles. The highest BCUT2D eigenvalue weighted by molar-refractivity contribution is 5.90. The van der Waals surface area contributed by atoms with Gasteiger partial charge in [0.15, 0.2) is 11.5 Å². The number of rotatable bonds is 3. The minimum absolute atomic E-state index is 0.0106. The van der Waals surface area contributed by atoms with Gasteiger partial charge in [0.2, 0.25) is 5.91 Å². The van der Waals surface area contributed by atoms with E-state index in [1.165, 1.54) is 0 Å². The minimum Gasteiger partial charge on any atom is -0.377 e. The second-order valence-electron chi connectivity index (χ2n) is 5.03. The largest absolute Gasteiger partial charge is 0.377 e. The maximum absolute atomic E-state index is 11.8. The van der Waals surface area contributed by atoms with Crippen molar-refractivity contribution in [2.45, 2.75) is 13.0 Å². The number of amides is 1. The molecule has 112 valence electrons. The lowest BCUT2D eigenvalue weighted by Crippen LogP contribution is -2.33. The van der Waals surface area contributed by atoms with E-state index in [0.29, 0.717) is 25.5 Å². The Kier molecular flexibility index (Phi) is 3.70. The van der Waals surface area contributed by atoms with E-state index in [9.17, 15) is 4.79 Å². The number of carbonyl (C=O) groups is 1. The van der Waals surface area contributed by atoms with Crippen LogP contribution >= 0.6 is 0 Å². The second-order valence-corrected chi connectivity index (χ2v) is 5.03. The Morgan fingerprint density at radius 1 is 1.43 bits per heavy atom. The molecule has 1 saturated heterocycles. The van der Waals surface area contributed by atoms with Crippen LogP contribution in [0, 0.1) is 0 Å². The average Bonchev–Trinajstić information content (AvgIpc) is 2.70. The summed E-state index contributed by atoms with van der Waals surface area (Å²) in [5.41, 5.74) is 0.747. The number of aromatic nitrogens is 4. The predicted octanol–water partition coefficient (Wildman–Crippen LogP) is -0.164. The van der Waals surface area contributed by atoms with Gasteiger partial charge in [-0.3, -0.25) is 9.48 Å². The first kappa shape index (κ1) is 13.7. The number of methoxy groups -OCH3 is 1. The molecule has 3 rings (SSSR count). The van der Waals surface area contributed by atoms with Crippen LogP contribution in [0.15, 0.2) is 6.20 Å². The first-order valence-electron chi connectivity index (χ1n) is 6.88. The second kappa shape index (κ2) is 5.65. The van der Waals surface area contributed by atoms with Crippen molar-refractivity contribution < 1.29 is 9.53 Å². The van der Waals surface area contributed by atoms with Crippen molar-refractivity contribution >= 4 is 22.8 Å². The molecule has 1 aliphatic heterocycles. The summed E-state index contributed by atoms with van der Waals surface area (Å²) in [6.07, 6.45) is 2.63. The third-order valence-corrected chi connectivity index (χ3v) is 3.45. The third-order valence-electron chi connectivity index (χ3n) is 3.45. The van der Waals surface area contributed by atoms with Gasteiger partial charge in [-0.05, 0) is 6.42 Å². The van der Waals surface area contributed by atoms with Crippen LogP contribution in [-0.4, -0.2) is 52.4 Å². The molecule has 1 fully saturated rings. The van der Waals surface area contributed by atoms with Crippen LogP contribution in [0.5, 0.6) is 0 Å². The third kappa shape index (κ3) is 2.66. The molecule has 21 heavy (non-hydrogen) atoms. The van der Waals surface area contributed by atoms with Crippen molar-refractivity contribution in [3.8, 4) is 0 Å². The Hall–Kier alpha value is -2.22. The normalized spacial score (nSPS) is 16.1. The molecule has 8 heteroatoms. The molecule has 0 spiro atoms. The molecule has 0 radical (unpaired) electrons. The van der Waals surface area contributed by atoms with Gasteiger partial charge >= 0.3 is 0 Å². The van der Waals surface area contributed by atoms with E-state index >= 15 is 0 Å². The predicted molar refractivity (Wildman–Crippen MR) is 76.9 cm³/mol. The van der Waals surface area contributed by atoms with Crippen LogP contribution in [0.1, 0.15) is 12.2 Å². The molecule has 3 heterocycles. The van der Waals surface area contributed by atoms with E-state index < -0.39 is 0 Å². The monoisotopic (exact) mass is 290 g/mol. The van der Waals surface area contributed by atoms with Crippen molar-refractivity contribution in [3.05, 3.63) is 12.0 Å². The number of anilines is 1. The lowest BCUT2D eigenvalue weighted by atomic mass is 10.3. The van der Waals surface area contributed by atoms with Crippen molar-refractivity contribution in [1.82, 2.24) is 25.1 Å². The van der Waals surface area contributed by atoms with Gasteiger partial charge in [-0.2, -0.15) is 5.10 Å². The van der Waals surface area contributed by atoms with Crippen LogP contribution in [0.25, 0.3) is 11.0 Å². The molecule has 2 aromatic rings. The number of hydrogen-bond acceptors (Lipinski definition) is 6. The smallest absolute Gasteiger partial charge is 0.239 e. The first-order chi connectivity index (χ1) is 10.2. The molecule has 0 atom stereocenters. The number of nitrogens with one attached hydrogen (secondary N) is 1. The van der Waals surface area contributed by atoms with Crippen LogP contribution in [0.3, 0.4) is 0 Å². The van der Waals surface area contributed by atoms with Crippen LogP contribution in [0.2, 0.25) is 0 Å². The molecule has 0 aliphatic carbocycles. The van der Waals surface area contributed by atoms with Crippen molar-refractivity contribution in [2.75, 3.05) is 31.6 Å². The van der Waals surface area contributed by atoms with Gasteiger partial charge in [-0.25, -0.2) is 9.97 Å². The molecular formula is C13H18N6O2. The summed E-state index contributed by atoms with van der Waals surface area (Å²) in [6.45, 7) is 2.09. The topological polar surface area (TPSA) is 85.2 Å². The van der Waals surface area contributed by atoms with E-state index in [2.05, 4.69) is 20.4 Å². The lowest BCUT2D eigenvalue weighted by Gasteiger charge is -2.21. The van der Waals surface area contributed by atoms with E-state index in [0.717, 1.165) is 29.8 Å². The van der Waals surface area contributed by atoms with Gasteiger partial charge in [0, 0.05) is 27.2 Å². The maximum atomic E-state index is 11.8. The molecule has 8 nitrogen and oxygen atoms in total. The zero-order valence-electron chi connectivity index (χ0n) is 12.2. The Balaban J connectivity index is 2.08. The first-order valence-corrected chi connectivity index (χ1v) is 6.88. The number of ether oxygens (including phenoxy) is 1.